The van der Waals surface area contributed by atoms with Crippen LogP contribution >= 0.6 is 0 Å². The van der Waals surface area contributed by atoms with Gasteiger partial charge in [-0.25, -0.2) is 0 Å². The van der Waals surface area contributed by atoms with Crippen LogP contribution in [0, 0.1) is 17.8 Å². The Morgan fingerprint density at radius 2 is 1.38 bits per heavy atom. The molecule has 0 aliphatic carbocycles. The van der Waals surface area contributed by atoms with Gasteiger partial charge in [-0.1, -0.05) is 79.1 Å². The van der Waals surface area contributed by atoms with Crippen molar-refractivity contribution in [3.05, 3.63) is 0 Å². The van der Waals surface area contributed by atoms with Crippen LogP contribution in [0.4, 0.5) is 0 Å². The molecule has 0 amide bonds. The third-order valence-electron chi connectivity index (χ3n) is 5.93. The van der Waals surface area contributed by atoms with Crippen LogP contribution in [0.25, 0.3) is 0 Å². The van der Waals surface area contributed by atoms with E-state index in [-0.39, 0.29) is 38.5 Å². The minimum atomic E-state index is -5.15. The second kappa shape index (κ2) is 14.5. The number of rotatable bonds is 16. The predicted molar refractivity (Wildman–Crippen MR) is 110 cm³/mol. The molecule has 0 aromatic carbocycles. The van der Waals surface area contributed by atoms with Crippen molar-refractivity contribution >= 4 is 22.1 Å². The van der Waals surface area contributed by atoms with Crippen molar-refractivity contribution in [3.8, 4) is 0 Å². The van der Waals surface area contributed by atoms with Crippen molar-refractivity contribution in [2.75, 3.05) is 0 Å². The van der Waals surface area contributed by atoms with Crippen LogP contribution < -0.4 is 18.9 Å². The Bertz CT molecular complexity index is 600. The first-order chi connectivity index (χ1) is 13.0. The van der Waals surface area contributed by atoms with E-state index in [1.807, 2.05) is 27.7 Å². The van der Waals surface area contributed by atoms with Gasteiger partial charge in [-0.3, -0.25) is 14.1 Å². The van der Waals surface area contributed by atoms with Gasteiger partial charge in [0.15, 0.2) is 0 Å². The van der Waals surface area contributed by atoms with E-state index < -0.39 is 39.1 Å². The molecule has 7 nitrogen and oxygen atoms in total. The number of carboxylic acids is 2. The monoisotopic (exact) mass is 430 g/mol. The summed E-state index contributed by atoms with van der Waals surface area (Å²) in [7, 11) is -5.15. The standard InChI is InChI=1S/C20H38O7S.Li.H/c1-5-9-11-15(7-3)13-17(18(21)22)20(19(23)24,28(25,26)27)14-16(8-4)12-10-6-2;;/h15-17H,5-14H2,1-4H3,(H,21,22)(H,23,24)(H,25,26,27);;/q;+1;-1. The molecule has 0 aromatic heterocycles. The molecule has 3 N–H and O–H groups in total. The minimum absolute atomic E-state index is 0. The maximum atomic E-state index is 12.4. The van der Waals surface area contributed by atoms with Crippen LogP contribution in [0.3, 0.4) is 0 Å². The molecule has 0 saturated carbocycles. The van der Waals surface area contributed by atoms with Crippen LogP contribution in [-0.2, 0) is 19.7 Å². The van der Waals surface area contributed by atoms with Gasteiger partial charge in [-0.2, -0.15) is 8.42 Å². The molecule has 0 saturated heterocycles. The Hall–Kier alpha value is -0.553. The number of hydrogen-bond acceptors (Lipinski definition) is 4. The summed E-state index contributed by atoms with van der Waals surface area (Å²) < 4.78 is 32.0. The summed E-state index contributed by atoms with van der Waals surface area (Å²) >= 11 is 0. The number of aliphatic carboxylic acids is 2. The Balaban J connectivity index is -0.00000364. The van der Waals surface area contributed by atoms with Crippen LogP contribution in [0.15, 0.2) is 0 Å². The van der Waals surface area contributed by atoms with E-state index in [4.69, 9.17) is 0 Å². The normalized spacial score (nSPS) is 16.9. The third kappa shape index (κ3) is 8.61. The molecule has 0 heterocycles. The summed E-state index contributed by atoms with van der Waals surface area (Å²) in [5.41, 5.74) is 0. The number of carbonyl (C=O) groups is 2. The topological polar surface area (TPSA) is 129 Å². The second-order valence-corrected chi connectivity index (χ2v) is 9.51. The zero-order valence-corrected chi connectivity index (χ0v) is 19.5. The summed E-state index contributed by atoms with van der Waals surface area (Å²) in [4.78, 5) is 24.3. The molecule has 0 aliphatic rings. The first kappa shape index (κ1) is 30.6. The van der Waals surface area contributed by atoms with E-state index in [1.165, 1.54) is 0 Å². The largest absolute Gasteiger partial charge is 1.00 e. The average molecular weight is 431 g/mol. The fourth-order valence-corrected chi connectivity index (χ4v) is 5.18. The van der Waals surface area contributed by atoms with Crippen molar-refractivity contribution < 1.29 is 53.1 Å². The van der Waals surface area contributed by atoms with E-state index in [1.54, 1.807) is 0 Å². The van der Waals surface area contributed by atoms with Gasteiger partial charge < -0.3 is 11.6 Å². The smallest absolute Gasteiger partial charge is 1.00 e. The zero-order valence-electron chi connectivity index (χ0n) is 19.7. The summed E-state index contributed by atoms with van der Waals surface area (Å²) in [5.74, 6) is -5.37. The van der Waals surface area contributed by atoms with E-state index in [0.717, 1.165) is 25.7 Å². The fourth-order valence-electron chi connectivity index (χ4n) is 3.95. The predicted octanol–water partition coefficient (Wildman–Crippen LogP) is 1.73. The Morgan fingerprint density at radius 1 is 0.931 bits per heavy atom. The molecule has 0 bridgehead atoms. The summed E-state index contributed by atoms with van der Waals surface area (Å²) in [5, 5.41) is 19.7. The minimum Gasteiger partial charge on any atom is -1.00 e. The Morgan fingerprint density at radius 3 is 1.69 bits per heavy atom. The van der Waals surface area contributed by atoms with Gasteiger partial charge in [0.05, 0.1) is 5.92 Å². The van der Waals surface area contributed by atoms with Gasteiger partial charge in [0.25, 0.3) is 10.1 Å². The van der Waals surface area contributed by atoms with Crippen molar-refractivity contribution in [1.82, 2.24) is 0 Å². The molecule has 0 radical (unpaired) electrons. The molecule has 9 heteroatoms. The molecule has 0 rings (SSSR count). The van der Waals surface area contributed by atoms with E-state index in [0.29, 0.717) is 25.7 Å². The zero-order chi connectivity index (χ0) is 22.0. The van der Waals surface area contributed by atoms with Gasteiger partial charge in [-0.15, -0.1) is 0 Å². The van der Waals surface area contributed by atoms with Crippen LogP contribution in [-0.4, -0.2) is 39.9 Å². The summed E-state index contributed by atoms with van der Waals surface area (Å²) in [6, 6.07) is 0. The molecule has 0 fully saturated rings. The van der Waals surface area contributed by atoms with Crippen LogP contribution in [0.1, 0.15) is 93.3 Å². The molecule has 29 heavy (non-hydrogen) atoms. The second-order valence-electron chi connectivity index (χ2n) is 7.83. The van der Waals surface area contributed by atoms with E-state index >= 15 is 0 Å². The first-order valence-corrected chi connectivity index (χ1v) is 11.9. The van der Waals surface area contributed by atoms with Gasteiger partial charge >= 0.3 is 30.8 Å². The Kier molecular flexibility index (Phi) is 15.3. The molecule has 4 atom stereocenters. The first-order valence-electron chi connectivity index (χ1n) is 10.4. The van der Waals surface area contributed by atoms with Crippen LogP contribution in [0.2, 0.25) is 0 Å². The molecular formula is C20H39LiO7S. The number of unbranched alkanes of at least 4 members (excludes halogenated alkanes) is 2. The average Bonchev–Trinajstić information content (AvgIpc) is 2.61. The molecule has 168 valence electrons. The maximum absolute atomic E-state index is 12.4. The molecule has 0 spiro atoms. The maximum Gasteiger partial charge on any atom is 1.00 e. The van der Waals surface area contributed by atoms with Crippen molar-refractivity contribution in [3.63, 3.8) is 0 Å². The summed E-state index contributed by atoms with van der Waals surface area (Å²) in [6.07, 6.45) is 5.37. The number of hydrogen-bond donors (Lipinski definition) is 3. The van der Waals surface area contributed by atoms with Crippen molar-refractivity contribution in [2.45, 2.75) is 96.7 Å². The van der Waals surface area contributed by atoms with E-state index in [2.05, 4.69) is 0 Å². The SMILES string of the molecule is CCCCC(CC)CC(C(=O)O)C(CC(CC)CCCC)(C(=O)O)S(=O)(=O)O.[H-].[Li+]. The molecule has 4 unspecified atom stereocenters. The number of carboxylic acid groups (broad SMARTS) is 2. The van der Waals surface area contributed by atoms with E-state index in [9.17, 15) is 32.8 Å². The van der Waals surface area contributed by atoms with Gasteiger partial charge in [0.2, 0.25) is 4.75 Å². The van der Waals surface area contributed by atoms with Gasteiger partial charge in [0.1, 0.15) is 0 Å². The third-order valence-corrected chi connectivity index (χ3v) is 7.48. The van der Waals surface area contributed by atoms with Gasteiger partial charge in [0, 0.05) is 0 Å². The molecule has 0 aliphatic heterocycles. The van der Waals surface area contributed by atoms with Crippen molar-refractivity contribution in [1.29, 1.82) is 0 Å². The molecule has 0 aromatic rings. The molecular weight excluding hydrogens is 391 g/mol. The quantitative estimate of drug-likeness (QED) is 0.251. The van der Waals surface area contributed by atoms with Crippen LogP contribution in [0.5, 0.6) is 0 Å². The summed E-state index contributed by atoms with van der Waals surface area (Å²) in [6.45, 7) is 7.67. The van der Waals surface area contributed by atoms with Crippen molar-refractivity contribution in [2.24, 2.45) is 17.8 Å². The fraction of sp³-hybridized carbons (Fsp3) is 0.900. The Labute approximate surface area is 189 Å². The van der Waals surface area contributed by atoms with Gasteiger partial charge in [-0.05, 0) is 24.7 Å².